The number of rotatable bonds is 7. The van der Waals surface area contributed by atoms with Gasteiger partial charge in [-0.15, -0.1) is 0 Å². The summed E-state index contributed by atoms with van der Waals surface area (Å²) in [5.74, 6) is 0.522. The first-order valence-electron chi connectivity index (χ1n) is 9.67. The van der Waals surface area contributed by atoms with E-state index in [1.807, 2.05) is 45.9 Å². The Kier molecular flexibility index (Phi) is 6.49. The van der Waals surface area contributed by atoms with Crippen molar-refractivity contribution >= 4 is 44.0 Å². The number of nitrogens with one attached hydrogen (secondary N) is 2. The first-order valence-corrected chi connectivity index (χ1v) is 10.5. The molecule has 0 spiro atoms. The summed E-state index contributed by atoms with van der Waals surface area (Å²) in [4.78, 5) is 17.4. The molecule has 1 amide bonds. The van der Waals surface area contributed by atoms with E-state index in [9.17, 15) is 4.79 Å². The molecule has 0 aliphatic rings. The molecule has 0 aliphatic heterocycles. The number of thiazole rings is 1. The van der Waals surface area contributed by atoms with E-state index in [4.69, 9.17) is 4.74 Å². The molecule has 1 aromatic heterocycles. The Balaban J connectivity index is 1.89. The van der Waals surface area contributed by atoms with Crippen LogP contribution in [0.5, 0.6) is 5.75 Å². The molecule has 0 aliphatic carbocycles. The molecule has 0 atom stereocenters. The first kappa shape index (κ1) is 20.8. The number of carbonyl (C=O) groups is 1. The Hall–Kier alpha value is -2.93. The van der Waals surface area contributed by atoms with E-state index in [-0.39, 0.29) is 5.91 Å². The van der Waals surface area contributed by atoms with Crippen LogP contribution in [-0.4, -0.2) is 23.2 Å². The van der Waals surface area contributed by atoms with Crippen molar-refractivity contribution in [3.05, 3.63) is 47.0 Å². The molecule has 0 fully saturated rings. The number of nitrogens with zero attached hydrogens (tertiary/aromatic N) is 2. The Morgan fingerprint density at radius 1 is 1.24 bits per heavy atom. The number of aryl methyl sites for hydroxylation is 2. The number of hydrazone groups is 1. The highest BCUT2D eigenvalue weighted by atomic mass is 32.1. The molecule has 3 rings (SSSR count). The van der Waals surface area contributed by atoms with Gasteiger partial charge in [0.1, 0.15) is 5.75 Å². The van der Waals surface area contributed by atoms with Crippen LogP contribution in [0.25, 0.3) is 10.2 Å². The highest BCUT2D eigenvalue weighted by Crippen LogP contribution is 2.35. The third-order valence-electron chi connectivity index (χ3n) is 4.62. The minimum atomic E-state index is -0.164. The molecule has 2 N–H and O–H groups in total. The van der Waals surface area contributed by atoms with Gasteiger partial charge >= 0.3 is 0 Å². The summed E-state index contributed by atoms with van der Waals surface area (Å²) in [7, 11) is 0. The lowest BCUT2D eigenvalue weighted by Gasteiger charge is -2.13. The van der Waals surface area contributed by atoms with Gasteiger partial charge in [-0.3, -0.25) is 10.2 Å². The van der Waals surface area contributed by atoms with Crippen molar-refractivity contribution in [2.24, 2.45) is 5.10 Å². The van der Waals surface area contributed by atoms with Gasteiger partial charge in [-0.2, -0.15) is 5.10 Å². The fraction of sp³-hybridized carbons (Fsp3) is 0.318. The number of ether oxygens (including phenoxy) is 1. The zero-order valence-corrected chi connectivity index (χ0v) is 18.2. The lowest BCUT2D eigenvalue weighted by atomic mass is 10.1. The minimum absolute atomic E-state index is 0.164. The third-order valence-corrected chi connectivity index (χ3v) is 5.71. The zero-order valence-electron chi connectivity index (χ0n) is 17.4. The van der Waals surface area contributed by atoms with Gasteiger partial charge in [0.2, 0.25) is 5.13 Å². The summed E-state index contributed by atoms with van der Waals surface area (Å²) in [6, 6.07) is 9.20. The molecule has 3 aromatic rings. The monoisotopic (exact) mass is 410 g/mol. The minimum Gasteiger partial charge on any atom is -0.494 e. The van der Waals surface area contributed by atoms with Crippen molar-refractivity contribution in [2.75, 3.05) is 17.3 Å². The molecule has 152 valence electrons. The molecule has 0 saturated heterocycles. The maximum atomic E-state index is 12.8. The molecule has 0 saturated carbocycles. The van der Waals surface area contributed by atoms with Crippen LogP contribution in [0.3, 0.4) is 0 Å². The molecule has 7 heteroatoms. The molecule has 0 bridgehead atoms. The van der Waals surface area contributed by atoms with Gasteiger partial charge in [0.25, 0.3) is 5.91 Å². The summed E-state index contributed by atoms with van der Waals surface area (Å²) in [6.07, 6.45) is 0.886. The van der Waals surface area contributed by atoms with Crippen LogP contribution in [0.1, 0.15) is 48.7 Å². The van der Waals surface area contributed by atoms with Crippen LogP contribution in [0.15, 0.2) is 35.4 Å². The number of hydrogen-bond acceptors (Lipinski definition) is 6. The summed E-state index contributed by atoms with van der Waals surface area (Å²) < 4.78 is 6.53. The standard InChI is InChI=1S/C22H26N4O2S/c1-6-14(4)25-26-22-23-18-11-13(3)19(15(5)20(18)29-22)24-21(27)16-9-8-10-17(12-16)28-7-2/h8-12H,6-7H2,1-5H3,(H,23,26)(H,24,27)/b25-14+. The van der Waals surface area contributed by atoms with Crippen LogP contribution >= 0.6 is 11.3 Å². The maximum absolute atomic E-state index is 12.8. The number of hydrogen-bond donors (Lipinski definition) is 2. The van der Waals surface area contributed by atoms with Crippen LogP contribution in [0.2, 0.25) is 0 Å². The molecular weight excluding hydrogens is 384 g/mol. The number of aromatic nitrogens is 1. The van der Waals surface area contributed by atoms with E-state index in [2.05, 4.69) is 27.8 Å². The zero-order chi connectivity index (χ0) is 21.0. The second kappa shape index (κ2) is 9.05. The van der Waals surface area contributed by atoms with E-state index >= 15 is 0 Å². The number of fused-ring (bicyclic) bond motifs is 1. The molecule has 29 heavy (non-hydrogen) atoms. The maximum Gasteiger partial charge on any atom is 0.255 e. The van der Waals surface area contributed by atoms with E-state index < -0.39 is 0 Å². The second-order valence-corrected chi connectivity index (χ2v) is 7.79. The largest absolute Gasteiger partial charge is 0.494 e. The van der Waals surface area contributed by atoms with Gasteiger partial charge in [0.05, 0.1) is 16.8 Å². The topological polar surface area (TPSA) is 75.6 Å². The molecule has 0 radical (unpaired) electrons. The second-order valence-electron chi connectivity index (χ2n) is 6.79. The fourth-order valence-electron chi connectivity index (χ4n) is 2.93. The van der Waals surface area contributed by atoms with Gasteiger partial charge in [-0.25, -0.2) is 4.98 Å². The van der Waals surface area contributed by atoms with Gasteiger partial charge in [-0.1, -0.05) is 24.3 Å². The number of benzene rings is 2. The van der Waals surface area contributed by atoms with Gasteiger partial charge < -0.3 is 10.1 Å². The van der Waals surface area contributed by atoms with Crippen LogP contribution < -0.4 is 15.5 Å². The van der Waals surface area contributed by atoms with Crippen molar-refractivity contribution in [1.29, 1.82) is 0 Å². The van der Waals surface area contributed by atoms with Crippen LogP contribution in [0, 0.1) is 13.8 Å². The van der Waals surface area contributed by atoms with E-state index in [0.717, 1.165) is 44.3 Å². The van der Waals surface area contributed by atoms with Crippen LogP contribution in [-0.2, 0) is 0 Å². The van der Waals surface area contributed by atoms with Crippen molar-refractivity contribution < 1.29 is 9.53 Å². The summed E-state index contributed by atoms with van der Waals surface area (Å²) >= 11 is 1.53. The van der Waals surface area contributed by atoms with E-state index in [0.29, 0.717) is 17.9 Å². The van der Waals surface area contributed by atoms with Crippen molar-refractivity contribution in [1.82, 2.24) is 4.98 Å². The number of carbonyl (C=O) groups excluding carboxylic acids is 1. The fourth-order valence-corrected chi connectivity index (χ4v) is 3.82. The third kappa shape index (κ3) is 4.74. The van der Waals surface area contributed by atoms with Crippen molar-refractivity contribution in [3.63, 3.8) is 0 Å². The average molecular weight is 411 g/mol. The van der Waals surface area contributed by atoms with Crippen molar-refractivity contribution in [3.8, 4) is 5.75 Å². The smallest absolute Gasteiger partial charge is 0.255 e. The Morgan fingerprint density at radius 3 is 2.76 bits per heavy atom. The van der Waals surface area contributed by atoms with E-state index in [1.54, 1.807) is 12.1 Å². The lowest BCUT2D eigenvalue weighted by molar-refractivity contribution is 0.102. The molecular formula is C22H26N4O2S. The van der Waals surface area contributed by atoms with Gasteiger partial charge in [-0.05, 0) is 69.5 Å². The average Bonchev–Trinajstić information content (AvgIpc) is 3.12. The SMILES string of the molecule is CCOc1cccc(C(=O)Nc2c(C)cc3nc(N/N=C(\C)CC)sc3c2C)c1. The van der Waals surface area contributed by atoms with E-state index in [1.165, 1.54) is 11.3 Å². The quantitative estimate of drug-likeness (QED) is 0.383. The molecule has 2 aromatic carbocycles. The number of amides is 1. The molecule has 1 heterocycles. The van der Waals surface area contributed by atoms with Crippen molar-refractivity contribution in [2.45, 2.75) is 41.0 Å². The van der Waals surface area contributed by atoms with Crippen LogP contribution in [0.4, 0.5) is 10.8 Å². The first-order chi connectivity index (χ1) is 13.9. The Labute approximate surface area is 175 Å². The predicted octanol–water partition coefficient (Wildman–Crippen LogP) is 5.76. The number of anilines is 2. The predicted molar refractivity (Wildman–Crippen MR) is 122 cm³/mol. The normalized spacial score (nSPS) is 11.6. The summed E-state index contributed by atoms with van der Waals surface area (Å²) in [5, 5.41) is 8.13. The highest BCUT2D eigenvalue weighted by molar-refractivity contribution is 7.22. The Bertz CT molecular complexity index is 1070. The molecule has 0 unspecified atom stereocenters. The highest BCUT2D eigenvalue weighted by Gasteiger charge is 2.16. The lowest BCUT2D eigenvalue weighted by Crippen LogP contribution is -2.14. The van der Waals surface area contributed by atoms with Gasteiger partial charge in [0, 0.05) is 17.0 Å². The van der Waals surface area contributed by atoms with Gasteiger partial charge in [0.15, 0.2) is 0 Å². The summed E-state index contributed by atoms with van der Waals surface area (Å²) in [5.41, 5.74) is 8.28. The Morgan fingerprint density at radius 2 is 2.03 bits per heavy atom. The summed E-state index contributed by atoms with van der Waals surface area (Å²) in [6.45, 7) is 10.5. The molecule has 6 nitrogen and oxygen atoms in total.